The molecule has 2 aromatic heterocycles. The molecule has 0 aromatic carbocycles. The Morgan fingerprint density at radius 3 is 2.78 bits per heavy atom. The van der Waals surface area contributed by atoms with Crippen LogP contribution in [0.15, 0.2) is 18.3 Å². The molecule has 0 unspecified atom stereocenters. The molecule has 0 bridgehead atoms. The Balaban J connectivity index is 1.18. The van der Waals surface area contributed by atoms with Gasteiger partial charge in [0.25, 0.3) is 0 Å². The van der Waals surface area contributed by atoms with Crippen LogP contribution in [0.5, 0.6) is 0 Å². The summed E-state index contributed by atoms with van der Waals surface area (Å²) >= 11 is 1.64. The number of carbonyl (C=O) groups is 1. The third-order valence-corrected chi connectivity index (χ3v) is 6.73. The molecule has 1 amide bonds. The summed E-state index contributed by atoms with van der Waals surface area (Å²) in [4.78, 5) is 27.3. The highest BCUT2D eigenvalue weighted by molar-refractivity contribution is 7.21. The number of fused-ring (bicyclic) bond motifs is 1. The van der Waals surface area contributed by atoms with Gasteiger partial charge in [-0.25, -0.2) is 9.97 Å². The van der Waals surface area contributed by atoms with Crippen molar-refractivity contribution in [3.05, 3.63) is 18.3 Å². The van der Waals surface area contributed by atoms with Gasteiger partial charge in [-0.3, -0.25) is 4.79 Å². The van der Waals surface area contributed by atoms with Crippen LogP contribution in [0.2, 0.25) is 0 Å². The summed E-state index contributed by atoms with van der Waals surface area (Å²) in [6, 6.07) is 3.93. The minimum atomic E-state index is 0.142. The van der Waals surface area contributed by atoms with E-state index in [1.54, 1.807) is 11.3 Å². The van der Waals surface area contributed by atoms with Crippen LogP contribution in [-0.2, 0) is 4.79 Å². The quantitative estimate of drug-likeness (QED) is 0.772. The monoisotopic (exact) mass is 387 g/mol. The van der Waals surface area contributed by atoms with Crippen LogP contribution in [0.25, 0.3) is 10.3 Å². The molecule has 27 heavy (non-hydrogen) atoms. The molecule has 2 aliphatic rings. The van der Waals surface area contributed by atoms with Crippen molar-refractivity contribution in [2.45, 2.75) is 38.5 Å². The molecule has 0 atom stereocenters. The largest absolute Gasteiger partial charge is 0.356 e. The molecule has 2 aromatic rings. The van der Waals surface area contributed by atoms with Crippen molar-refractivity contribution in [2.24, 2.45) is 5.92 Å². The van der Waals surface area contributed by atoms with Gasteiger partial charge >= 0.3 is 0 Å². The fourth-order valence-corrected chi connectivity index (χ4v) is 5.03. The molecule has 0 spiro atoms. The number of piperidine rings is 2. The molecular weight excluding hydrogens is 358 g/mol. The van der Waals surface area contributed by atoms with Gasteiger partial charge in [-0.1, -0.05) is 17.8 Å². The van der Waals surface area contributed by atoms with E-state index in [1.807, 2.05) is 18.3 Å². The van der Waals surface area contributed by atoms with Gasteiger partial charge in [0.1, 0.15) is 10.3 Å². The van der Waals surface area contributed by atoms with Gasteiger partial charge < -0.3 is 15.1 Å². The lowest BCUT2D eigenvalue weighted by atomic mass is 9.96. The van der Waals surface area contributed by atoms with Crippen LogP contribution in [0.4, 0.5) is 5.13 Å². The number of nitrogens with one attached hydrogen (secondary N) is 1. The van der Waals surface area contributed by atoms with Crippen LogP contribution in [0, 0.1) is 5.92 Å². The zero-order valence-electron chi connectivity index (χ0n) is 15.9. The summed E-state index contributed by atoms with van der Waals surface area (Å²) in [6.07, 6.45) is 8.71. The Morgan fingerprint density at radius 1 is 1.19 bits per heavy atom. The molecule has 2 saturated heterocycles. The molecule has 2 fully saturated rings. The Morgan fingerprint density at radius 2 is 2.00 bits per heavy atom. The smallest absolute Gasteiger partial charge is 0.223 e. The summed E-state index contributed by atoms with van der Waals surface area (Å²) in [6.45, 7) is 6.17. The Hall–Kier alpha value is -1.73. The highest BCUT2D eigenvalue weighted by atomic mass is 32.1. The number of hydrogen-bond acceptors (Lipinski definition) is 6. The summed E-state index contributed by atoms with van der Waals surface area (Å²) < 4.78 is 0. The number of rotatable bonds is 6. The van der Waals surface area contributed by atoms with Crippen LogP contribution >= 0.6 is 11.3 Å². The predicted octanol–water partition coefficient (Wildman–Crippen LogP) is 2.90. The molecule has 4 heterocycles. The normalized spacial score (nSPS) is 19.5. The zero-order valence-corrected chi connectivity index (χ0v) is 16.7. The zero-order chi connectivity index (χ0) is 18.5. The minimum Gasteiger partial charge on any atom is -0.356 e. The fraction of sp³-hybridized carbons (Fsp3) is 0.650. The third kappa shape index (κ3) is 4.76. The first-order chi connectivity index (χ1) is 13.3. The average molecular weight is 388 g/mol. The molecule has 1 N–H and O–H groups in total. The Labute approximate surface area is 165 Å². The number of amides is 1. The number of thiazole rings is 1. The van der Waals surface area contributed by atoms with E-state index in [0.29, 0.717) is 0 Å². The van der Waals surface area contributed by atoms with E-state index >= 15 is 0 Å². The van der Waals surface area contributed by atoms with E-state index in [9.17, 15) is 4.79 Å². The summed E-state index contributed by atoms with van der Waals surface area (Å²) in [5.41, 5.74) is 0.964. The molecule has 146 valence electrons. The number of nitrogens with zero attached hydrogens (tertiary/aromatic N) is 4. The van der Waals surface area contributed by atoms with Gasteiger partial charge in [0.15, 0.2) is 5.13 Å². The molecule has 0 saturated carbocycles. The van der Waals surface area contributed by atoms with E-state index in [0.717, 1.165) is 60.9 Å². The van der Waals surface area contributed by atoms with Crippen LogP contribution in [0.3, 0.4) is 0 Å². The van der Waals surface area contributed by atoms with E-state index in [4.69, 9.17) is 0 Å². The lowest BCUT2D eigenvalue weighted by Crippen LogP contribution is -2.41. The highest BCUT2D eigenvalue weighted by Crippen LogP contribution is 2.30. The first kappa shape index (κ1) is 18.6. The third-order valence-electron chi connectivity index (χ3n) is 5.69. The average Bonchev–Trinajstić information content (AvgIpc) is 3.16. The van der Waals surface area contributed by atoms with Crippen molar-refractivity contribution >= 4 is 32.7 Å². The van der Waals surface area contributed by atoms with E-state index < -0.39 is 0 Å². The predicted molar refractivity (Wildman–Crippen MR) is 110 cm³/mol. The molecule has 0 aliphatic carbocycles. The first-order valence-corrected chi connectivity index (χ1v) is 11.1. The van der Waals surface area contributed by atoms with E-state index in [2.05, 4.69) is 25.1 Å². The maximum atomic E-state index is 12.5. The summed E-state index contributed by atoms with van der Waals surface area (Å²) in [7, 11) is 0. The van der Waals surface area contributed by atoms with Crippen molar-refractivity contribution in [1.82, 2.24) is 20.2 Å². The maximum absolute atomic E-state index is 12.5. The number of carbonyl (C=O) groups excluding carboxylic acids is 1. The number of hydrogen-bond donors (Lipinski definition) is 1. The van der Waals surface area contributed by atoms with Crippen LogP contribution in [-0.4, -0.2) is 60.0 Å². The van der Waals surface area contributed by atoms with Gasteiger partial charge in [0.2, 0.25) is 5.91 Å². The van der Waals surface area contributed by atoms with Crippen molar-refractivity contribution < 1.29 is 4.79 Å². The molecular formula is C20H29N5OS. The van der Waals surface area contributed by atoms with Crippen molar-refractivity contribution in [3.63, 3.8) is 0 Å². The van der Waals surface area contributed by atoms with Crippen molar-refractivity contribution in [1.29, 1.82) is 0 Å². The van der Waals surface area contributed by atoms with Crippen molar-refractivity contribution in [3.8, 4) is 0 Å². The number of likely N-dealkylation sites (tertiary alicyclic amines) is 1. The lowest BCUT2D eigenvalue weighted by molar-refractivity contribution is -0.125. The van der Waals surface area contributed by atoms with E-state index in [1.165, 1.54) is 32.4 Å². The Kier molecular flexibility index (Phi) is 6.19. The second kappa shape index (κ2) is 8.97. The fourth-order valence-electron chi connectivity index (χ4n) is 4.07. The van der Waals surface area contributed by atoms with Gasteiger partial charge in [-0.15, -0.1) is 0 Å². The highest BCUT2D eigenvalue weighted by Gasteiger charge is 2.26. The molecule has 4 rings (SSSR count). The minimum absolute atomic E-state index is 0.142. The topological polar surface area (TPSA) is 61.4 Å². The second-order valence-electron chi connectivity index (χ2n) is 7.63. The standard InChI is InChI=1S/C20H29N5OS/c26-18(21-10-5-13-24-11-2-1-3-12-24)16-7-14-25(15-8-16)20-23-17-6-4-9-22-19(17)27-20/h4,6,9,16H,1-3,5,7-8,10-15H2,(H,21,26). The molecule has 2 aliphatic heterocycles. The van der Waals surface area contributed by atoms with Gasteiger partial charge in [-0.05, 0) is 63.9 Å². The van der Waals surface area contributed by atoms with Gasteiger partial charge in [0.05, 0.1) is 0 Å². The van der Waals surface area contributed by atoms with Crippen molar-refractivity contribution in [2.75, 3.05) is 44.2 Å². The number of pyridine rings is 1. The van der Waals surface area contributed by atoms with Crippen LogP contribution in [0.1, 0.15) is 38.5 Å². The maximum Gasteiger partial charge on any atom is 0.223 e. The first-order valence-electron chi connectivity index (χ1n) is 10.3. The number of aromatic nitrogens is 2. The Bertz CT molecular complexity index is 717. The van der Waals surface area contributed by atoms with Crippen LogP contribution < -0.4 is 10.2 Å². The molecule has 6 nitrogen and oxygen atoms in total. The summed E-state index contributed by atoms with van der Waals surface area (Å²) in [5.74, 6) is 0.378. The SMILES string of the molecule is O=C(NCCCN1CCCCC1)C1CCN(c2nc3cccnc3s2)CC1. The number of anilines is 1. The molecule has 7 heteroatoms. The van der Waals surface area contributed by atoms with E-state index in [-0.39, 0.29) is 11.8 Å². The summed E-state index contributed by atoms with van der Waals surface area (Å²) in [5, 5.41) is 4.19. The lowest BCUT2D eigenvalue weighted by Gasteiger charge is -2.31. The second-order valence-corrected chi connectivity index (χ2v) is 8.59. The van der Waals surface area contributed by atoms with Gasteiger partial charge in [-0.2, -0.15) is 0 Å². The van der Waals surface area contributed by atoms with Gasteiger partial charge in [0, 0.05) is 31.7 Å². The molecule has 0 radical (unpaired) electrons.